The van der Waals surface area contributed by atoms with Crippen molar-refractivity contribution in [3.8, 4) is 23.3 Å². The summed E-state index contributed by atoms with van der Waals surface area (Å²) >= 11 is 3.45. The van der Waals surface area contributed by atoms with Gasteiger partial charge >= 0.3 is 0 Å². The number of carbonyl (C=O) groups is 2. The number of benzene rings is 3. The van der Waals surface area contributed by atoms with E-state index in [1.165, 1.54) is 13.2 Å². The monoisotopic (exact) mass is 563 g/mol. The number of halogens is 1. The summed E-state index contributed by atoms with van der Waals surface area (Å²) in [6.07, 6.45) is 1.46. The lowest BCUT2D eigenvalue weighted by atomic mass is 10.1. The normalized spacial score (nSPS) is 10.7. The number of hydrogen-bond acceptors (Lipinski definition) is 6. The summed E-state index contributed by atoms with van der Waals surface area (Å²) in [7, 11) is 1.52. The fourth-order valence-corrected chi connectivity index (χ4v) is 3.91. The highest BCUT2D eigenvalue weighted by molar-refractivity contribution is 9.10. The molecule has 0 radical (unpaired) electrons. The standard InChI is InChI=1S/C28H26BrN3O5/c1-3-36-25-15-20(13-21(16-30)28(34)31-17-19-9-5-4-6-10-19)14-22(29)27(25)37-18-26(33)32-23-11-7-8-12-24(23)35-2/h4-15H,3,17-18H2,1-2H3,(H,31,34)(H,32,33)/b21-13+. The minimum Gasteiger partial charge on any atom is -0.495 e. The van der Waals surface area contributed by atoms with E-state index >= 15 is 0 Å². The summed E-state index contributed by atoms with van der Waals surface area (Å²) in [4.78, 5) is 25.1. The molecular formula is C28H26BrN3O5. The fourth-order valence-electron chi connectivity index (χ4n) is 3.33. The van der Waals surface area contributed by atoms with Gasteiger partial charge in [0.2, 0.25) is 0 Å². The molecule has 0 aromatic heterocycles. The van der Waals surface area contributed by atoms with Gasteiger partial charge in [0.15, 0.2) is 18.1 Å². The number of para-hydroxylation sites is 2. The van der Waals surface area contributed by atoms with Crippen molar-refractivity contribution in [1.82, 2.24) is 5.32 Å². The number of nitriles is 1. The van der Waals surface area contributed by atoms with E-state index in [2.05, 4.69) is 26.6 Å². The van der Waals surface area contributed by atoms with Gasteiger partial charge in [0, 0.05) is 6.54 Å². The zero-order valence-corrected chi connectivity index (χ0v) is 22.0. The molecule has 2 amide bonds. The average Bonchev–Trinajstić information content (AvgIpc) is 2.91. The van der Waals surface area contributed by atoms with Crippen molar-refractivity contribution < 1.29 is 23.8 Å². The van der Waals surface area contributed by atoms with Crippen molar-refractivity contribution >= 4 is 39.5 Å². The zero-order valence-electron chi connectivity index (χ0n) is 20.4. The van der Waals surface area contributed by atoms with E-state index in [4.69, 9.17) is 14.2 Å². The summed E-state index contributed by atoms with van der Waals surface area (Å²) in [6.45, 7) is 2.17. The molecule has 0 spiro atoms. The average molecular weight is 564 g/mol. The lowest BCUT2D eigenvalue weighted by Gasteiger charge is -2.15. The minimum atomic E-state index is -0.492. The Morgan fingerprint density at radius 2 is 1.76 bits per heavy atom. The molecule has 0 saturated carbocycles. The third kappa shape index (κ3) is 7.85. The molecule has 3 aromatic rings. The van der Waals surface area contributed by atoms with Gasteiger partial charge in [0.05, 0.1) is 23.9 Å². The van der Waals surface area contributed by atoms with Crippen LogP contribution in [0.4, 0.5) is 5.69 Å². The molecule has 2 N–H and O–H groups in total. The van der Waals surface area contributed by atoms with Crippen molar-refractivity contribution in [2.75, 3.05) is 25.6 Å². The van der Waals surface area contributed by atoms with Crippen LogP contribution in [0.5, 0.6) is 17.2 Å². The summed E-state index contributed by atoms with van der Waals surface area (Å²) < 4.78 is 17.2. The van der Waals surface area contributed by atoms with Crippen molar-refractivity contribution in [3.05, 3.63) is 87.9 Å². The molecule has 8 nitrogen and oxygen atoms in total. The Kier molecular flexibility index (Phi) is 10.1. The second kappa shape index (κ2) is 13.7. The highest BCUT2D eigenvalue weighted by atomic mass is 79.9. The summed E-state index contributed by atoms with van der Waals surface area (Å²) in [6, 6.07) is 21.7. The molecule has 0 fully saturated rings. The van der Waals surface area contributed by atoms with Crippen LogP contribution in [0.15, 0.2) is 76.8 Å². The predicted molar refractivity (Wildman–Crippen MR) is 144 cm³/mol. The number of hydrogen-bond donors (Lipinski definition) is 2. The van der Waals surface area contributed by atoms with Gasteiger partial charge in [-0.1, -0.05) is 42.5 Å². The third-order valence-electron chi connectivity index (χ3n) is 5.03. The number of nitrogens with zero attached hydrogens (tertiary/aromatic N) is 1. The van der Waals surface area contributed by atoms with E-state index in [0.29, 0.717) is 46.1 Å². The number of amides is 2. The molecule has 0 aliphatic heterocycles. The van der Waals surface area contributed by atoms with Crippen LogP contribution < -0.4 is 24.8 Å². The van der Waals surface area contributed by atoms with E-state index in [0.717, 1.165) is 5.56 Å². The van der Waals surface area contributed by atoms with E-state index in [1.54, 1.807) is 36.4 Å². The number of ether oxygens (including phenoxy) is 3. The van der Waals surface area contributed by atoms with E-state index in [-0.39, 0.29) is 18.1 Å². The molecule has 0 unspecified atom stereocenters. The maximum Gasteiger partial charge on any atom is 0.262 e. The fraction of sp³-hybridized carbons (Fsp3) is 0.179. The zero-order chi connectivity index (χ0) is 26.6. The smallest absolute Gasteiger partial charge is 0.262 e. The van der Waals surface area contributed by atoms with Gasteiger partial charge in [0.1, 0.15) is 17.4 Å². The largest absolute Gasteiger partial charge is 0.495 e. The van der Waals surface area contributed by atoms with Crippen LogP contribution >= 0.6 is 15.9 Å². The Morgan fingerprint density at radius 3 is 2.46 bits per heavy atom. The number of nitrogens with one attached hydrogen (secondary N) is 2. The first-order chi connectivity index (χ1) is 17.9. The van der Waals surface area contributed by atoms with E-state index < -0.39 is 5.91 Å². The van der Waals surface area contributed by atoms with Gasteiger partial charge in [-0.15, -0.1) is 0 Å². The van der Waals surface area contributed by atoms with Gasteiger partial charge < -0.3 is 24.8 Å². The molecule has 9 heteroatoms. The van der Waals surface area contributed by atoms with Crippen molar-refractivity contribution in [2.45, 2.75) is 13.5 Å². The van der Waals surface area contributed by atoms with Crippen LogP contribution in [0, 0.1) is 11.3 Å². The van der Waals surface area contributed by atoms with Crippen LogP contribution in [-0.2, 0) is 16.1 Å². The molecule has 0 heterocycles. The lowest BCUT2D eigenvalue weighted by molar-refractivity contribution is -0.118. The second-order valence-corrected chi connectivity index (χ2v) is 8.49. The van der Waals surface area contributed by atoms with E-state index in [1.807, 2.05) is 43.3 Å². The highest BCUT2D eigenvalue weighted by Crippen LogP contribution is 2.37. The number of anilines is 1. The molecule has 3 aromatic carbocycles. The topological polar surface area (TPSA) is 110 Å². The Bertz CT molecular complexity index is 1320. The Morgan fingerprint density at radius 1 is 1.03 bits per heavy atom. The molecule has 0 aliphatic rings. The van der Waals surface area contributed by atoms with Crippen molar-refractivity contribution in [3.63, 3.8) is 0 Å². The van der Waals surface area contributed by atoms with Crippen LogP contribution in [-0.4, -0.2) is 32.1 Å². The van der Waals surface area contributed by atoms with Gasteiger partial charge in [-0.3, -0.25) is 9.59 Å². The molecular weight excluding hydrogens is 538 g/mol. The van der Waals surface area contributed by atoms with Crippen LogP contribution in [0.1, 0.15) is 18.1 Å². The molecule has 37 heavy (non-hydrogen) atoms. The number of rotatable bonds is 11. The van der Waals surface area contributed by atoms with E-state index in [9.17, 15) is 14.9 Å². The summed E-state index contributed by atoms with van der Waals surface area (Å²) in [5.74, 6) is 0.333. The Labute approximate surface area is 224 Å². The molecule has 0 bridgehead atoms. The summed E-state index contributed by atoms with van der Waals surface area (Å²) in [5.41, 5.74) is 1.94. The SMILES string of the molecule is CCOc1cc(/C=C(\C#N)C(=O)NCc2ccccc2)cc(Br)c1OCC(=O)Nc1ccccc1OC. The van der Waals surface area contributed by atoms with Crippen LogP contribution in [0.3, 0.4) is 0 Å². The maximum atomic E-state index is 12.6. The second-order valence-electron chi connectivity index (χ2n) is 7.64. The lowest BCUT2D eigenvalue weighted by Crippen LogP contribution is -2.23. The number of carbonyl (C=O) groups excluding carboxylic acids is 2. The van der Waals surface area contributed by atoms with Crippen molar-refractivity contribution in [2.24, 2.45) is 0 Å². The third-order valence-corrected chi connectivity index (χ3v) is 5.62. The molecule has 0 aliphatic carbocycles. The predicted octanol–water partition coefficient (Wildman–Crippen LogP) is 5.10. The van der Waals surface area contributed by atoms with Gasteiger partial charge in [0.25, 0.3) is 11.8 Å². The van der Waals surface area contributed by atoms with Gasteiger partial charge in [-0.2, -0.15) is 5.26 Å². The quantitative estimate of drug-likeness (QED) is 0.248. The van der Waals surface area contributed by atoms with Gasteiger partial charge in [-0.05, 0) is 64.3 Å². The van der Waals surface area contributed by atoms with Crippen LogP contribution in [0.2, 0.25) is 0 Å². The first-order valence-corrected chi connectivity index (χ1v) is 12.2. The first kappa shape index (κ1) is 27.3. The highest BCUT2D eigenvalue weighted by Gasteiger charge is 2.16. The molecule has 190 valence electrons. The summed E-state index contributed by atoms with van der Waals surface area (Å²) in [5, 5.41) is 15.1. The molecule has 0 atom stereocenters. The number of methoxy groups -OCH3 is 1. The van der Waals surface area contributed by atoms with Crippen molar-refractivity contribution in [1.29, 1.82) is 5.26 Å². The molecule has 0 saturated heterocycles. The van der Waals surface area contributed by atoms with Crippen LogP contribution in [0.25, 0.3) is 6.08 Å². The first-order valence-electron chi connectivity index (χ1n) is 11.4. The Balaban J connectivity index is 1.73. The van der Waals surface area contributed by atoms with Gasteiger partial charge in [-0.25, -0.2) is 0 Å². The Hall–Kier alpha value is -4.29. The minimum absolute atomic E-state index is 0.0601. The molecule has 3 rings (SSSR count). The maximum absolute atomic E-state index is 12.6.